The van der Waals surface area contributed by atoms with Gasteiger partial charge in [-0.05, 0) is 17.7 Å². The second kappa shape index (κ2) is 5.09. The van der Waals surface area contributed by atoms with Crippen LogP contribution in [0.5, 0.6) is 5.75 Å². The third-order valence-corrected chi connectivity index (χ3v) is 2.47. The SMILES string of the molecule is OCc1nnn(Cc2ccc(O)cc2)c1C(F)F. The number of aliphatic hydroxyl groups is 1. The van der Waals surface area contributed by atoms with Gasteiger partial charge in [-0.1, -0.05) is 17.3 Å². The average Bonchev–Trinajstić information content (AvgIpc) is 2.75. The maximum Gasteiger partial charge on any atom is 0.282 e. The number of nitrogens with zero attached hydrogens (tertiary/aromatic N) is 3. The van der Waals surface area contributed by atoms with Crippen molar-refractivity contribution >= 4 is 0 Å². The van der Waals surface area contributed by atoms with E-state index < -0.39 is 13.0 Å². The predicted molar refractivity (Wildman–Crippen MR) is 58.1 cm³/mol. The quantitative estimate of drug-likeness (QED) is 0.867. The molecule has 7 heteroatoms. The van der Waals surface area contributed by atoms with Crippen LogP contribution in [0, 0.1) is 0 Å². The van der Waals surface area contributed by atoms with Crippen LogP contribution in [0.2, 0.25) is 0 Å². The van der Waals surface area contributed by atoms with Gasteiger partial charge in [0.1, 0.15) is 17.1 Å². The molecule has 0 amide bonds. The fraction of sp³-hybridized carbons (Fsp3) is 0.273. The first-order valence-corrected chi connectivity index (χ1v) is 5.21. The number of halogens is 2. The van der Waals surface area contributed by atoms with E-state index in [1.807, 2.05) is 0 Å². The van der Waals surface area contributed by atoms with Gasteiger partial charge in [-0.15, -0.1) is 5.10 Å². The number of alkyl halides is 2. The van der Waals surface area contributed by atoms with Crippen molar-refractivity contribution in [1.29, 1.82) is 0 Å². The van der Waals surface area contributed by atoms with E-state index in [9.17, 15) is 8.78 Å². The summed E-state index contributed by atoms with van der Waals surface area (Å²) in [5.74, 6) is 0.0995. The molecule has 0 aliphatic heterocycles. The van der Waals surface area contributed by atoms with Gasteiger partial charge in [0.25, 0.3) is 6.43 Å². The molecule has 0 aliphatic rings. The fourth-order valence-corrected chi connectivity index (χ4v) is 1.60. The number of aliphatic hydroxyl groups excluding tert-OH is 1. The molecule has 0 unspecified atom stereocenters. The van der Waals surface area contributed by atoms with Gasteiger partial charge in [0.05, 0.1) is 13.2 Å². The Hall–Kier alpha value is -2.02. The third kappa shape index (κ3) is 2.45. The van der Waals surface area contributed by atoms with Gasteiger partial charge >= 0.3 is 0 Å². The molecule has 2 rings (SSSR count). The number of aromatic nitrogens is 3. The van der Waals surface area contributed by atoms with Gasteiger partial charge in [0, 0.05) is 0 Å². The van der Waals surface area contributed by atoms with Crippen molar-refractivity contribution < 1.29 is 19.0 Å². The van der Waals surface area contributed by atoms with Crippen molar-refractivity contribution in [3.63, 3.8) is 0 Å². The largest absolute Gasteiger partial charge is 0.508 e. The smallest absolute Gasteiger partial charge is 0.282 e. The van der Waals surface area contributed by atoms with Crippen LogP contribution >= 0.6 is 0 Å². The van der Waals surface area contributed by atoms with Gasteiger partial charge in [0.15, 0.2) is 0 Å². The Morgan fingerprint density at radius 1 is 1.22 bits per heavy atom. The van der Waals surface area contributed by atoms with Crippen LogP contribution in [-0.2, 0) is 13.2 Å². The summed E-state index contributed by atoms with van der Waals surface area (Å²) >= 11 is 0. The van der Waals surface area contributed by atoms with Crippen LogP contribution in [0.3, 0.4) is 0 Å². The van der Waals surface area contributed by atoms with Gasteiger partial charge in [-0.3, -0.25) is 0 Å². The summed E-state index contributed by atoms with van der Waals surface area (Å²) in [7, 11) is 0. The zero-order chi connectivity index (χ0) is 13.1. The molecule has 0 radical (unpaired) electrons. The van der Waals surface area contributed by atoms with Crippen molar-refractivity contribution in [2.45, 2.75) is 19.6 Å². The Morgan fingerprint density at radius 2 is 1.89 bits per heavy atom. The molecular formula is C11H11F2N3O2. The molecule has 0 aliphatic carbocycles. The van der Waals surface area contributed by atoms with E-state index in [0.717, 1.165) is 4.68 Å². The Bertz CT molecular complexity index is 526. The molecule has 96 valence electrons. The number of rotatable bonds is 4. The standard InChI is InChI=1S/C11H11F2N3O2/c12-11(13)10-9(6-17)14-15-16(10)5-7-1-3-8(18)4-2-7/h1-4,11,17-18H,5-6H2. The third-order valence-electron chi connectivity index (χ3n) is 2.47. The zero-order valence-electron chi connectivity index (χ0n) is 9.29. The van der Waals surface area contributed by atoms with Crippen LogP contribution in [-0.4, -0.2) is 25.2 Å². The lowest BCUT2D eigenvalue weighted by atomic mass is 10.2. The predicted octanol–water partition coefficient (Wildman–Crippen LogP) is 1.46. The summed E-state index contributed by atoms with van der Waals surface area (Å²) in [5.41, 5.74) is 0.193. The molecular weight excluding hydrogens is 244 g/mol. The van der Waals surface area contributed by atoms with E-state index in [2.05, 4.69) is 10.3 Å². The first kappa shape index (κ1) is 12.4. The first-order chi connectivity index (χ1) is 8.61. The Morgan fingerprint density at radius 3 is 2.44 bits per heavy atom. The molecule has 1 aromatic carbocycles. The summed E-state index contributed by atoms with van der Waals surface area (Å²) in [5, 5.41) is 25.1. The van der Waals surface area contributed by atoms with Gasteiger partial charge in [-0.2, -0.15) is 0 Å². The van der Waals surface area contributed by atoms with Crippen LogP contribution in [0.4, 0.5) is 8.78 Å². The van der Waals surface area contributed by atoms with E-state index in [4.69, 9.17) is 10.2 Å². The molecule has 2 N–H and O–H groups in total. The maximum absolute atomic E-state index is 12.8. The summed E-state index contributed by atoms with van der Waals surface area (Å²) in [6.45, 7) is -0.470. The summed E-state index contributed by atoms with van der Waals surface area (Å²) in [6.07, 6.45) is -2.75. The molecule has 2 aromatic rings. The van der Waals surface area contributed by atoms with E-state index >= 15 is 0 Å². The van der Waals surface area contributed by atoms with Crippen LogP contribution < -0.4 is 0 Å². The number of hydrogen-bond acceptors (Lipinski definition) is 4. The highest BCUT2D eigenvalue weighted by Crippen LogP contribution is 2.22. The second-order valence-corrected chi connectivity index (χ2v) is 3.70. The second-order valence-electron chi connectivity index (χ2n) is 3.70. The monoisotopic (exact) mass is 255 g/mol. The number of phenols is 1. The van der Waals surface area contributed by atoms with Crippen molar-refractivity contribution in [3.05, 3.63) is 41.2 Å². The molecule has 0 fully saturated rings. The van der Waals surface area contributed by atoms with Crippen LogP contribution in [0.15, 0.2) is 24.3 Å². The number of hydrogen-bond donors (Lipinski definition) is 2. The Kier molecular flexibility index (Phi) is 3.52. The fourth-order valence-electron chi connectivity index (χ4n) is 1.60. The topological polar surface area (TPSA) is 71.2 Å². The minimum Gasteiger partial charge on any atom is -0.508 e. The molecule has 0 spiro atoms. The molecule has 18 heavy (non-hydrogen) atoms. The molecule has 5 nitrogen and oxygen atoms in total. The molecule has 0 bridgehead atoms. The molecule has 0 saturated heterocycles. The van der Waals surface area contributed by atoms with Gasteiger partial charge in [-0.25, -0.2) is 13.5 Å². The molecule has 0 saturated carbocycles. The van der Waals surface area contributed by atoms with Crippen molar-refractivity contribution in [2.24, 2.45) is 0 Å². The molecule has 1 aromatic heterocycles. The van der Waals surface area contributed by atoms with Crippen molar-refractivity contribution in [3.8, 4) is 5.75 Å². The summed E-state index contributed by atoms with van der Waals surface area (Å²) < 4.78 is 26.7. The Labute approximate surface area is 101 Å². The van der Waals surface area contributed by atoms with E-state index in [1.54, 1.807) is 12.1 Å². The first-order valence-electron chi connectivity index (χ1n) is 5.21. The van der Waals surface area contributed by atoms with Gasteiger partial charge < -0.3 is 10.2 Å². The summed E-state index contributed by atoms with van der Waals surface area (Å²) in [4.78, 5) is 0. The average molecular weight is 255 g/mol. The lowest BCUT2D eigenvalue weighted by Crippen LogP contribution is -2.08. The van der Waals surface area contributed by atoms with E-state index in [0.29, 0.717) is 5.56 Å². The zero-order valence-corrected chi connectivity index (χ0v) is 9.29. The van der Waals surface area contributed by atoms with Gasteiger partial charge in [0.2, 0.25) is 0 Å². The highest BCUT2D eigenvalue weighted by atomic mass is 19.3. The van der Waals surface area contributed by atoms with Crippen molar-refractivity contribution in [1.82, 2.24) is 15.0 Å². The highest BCUT2D eigenvalue weighted by Gasteiger charge is 2.21. The van der Waals surface area contributed by atoms with E-state index in [-0.39, 0.29) is 23.7 Å². The van der Waals surface area contributed by atoms with E-state index in [1.165, 1.54) is 12.1 Å². The Balaban J connectivity index is 2.28. The number of phenolic OH excluding ortho intramolecular Hbond substituents is 1. The van der Waals surface area contributed by atoms with Crippen molar-refractivity contribution in [2.75, 3.05) is 0 Å². The van der Waals surface area contributed by atoms with Crippen LogP contribution in [0.1, 0.15) is 23.4 Å². The minimum absolute atomic E-state index is 0.0995. The summed E-state index contributed by atoms with van der Waals surface area (Å²) in [6, 6.07) is 6.12. The van der Waals surface area contributed by atoms with Crippen LogP contribution in [0.25, 0.3) is 0 Å². The highest BCUT2D eigenvalue weighted by molar-refractivity contribution is 5.26. The lowest BCUT2D eigenvalue weighted by Gasteiger charge is -2.06. The minimum atomic E-state index is -2.75. The lowest BCUT2D eigenvalue weighted by molar-refractivity contribution is 0.135. The normalized spacial score (nSPS) is 11.1. The number of aromatic hydroxyl groups is 1. The molecule has 0 atom stereocenters. The number of benzene rings is 1. The molecule has 1 heterocycles. The maximum atomic E-state index is 12.8.